The van der Waals surface area contributed by atoms with Crippen LogP contribution in [0.3, 0.4) is 0 Å². The van der Waals surface area contributed by atoms with Gasteiger partial charge in [-0.3, -0.25) is 4.99 Å². The molecule has 0 spiro atoms. The molecule has 6 nitrogen and oxygen atoms in total. The number of imidazole rings is 1. The first-order chi connectivity index (χ1) is 14.1. The molecule has 0 amide bonds. The zero-order valence-corrected chi connectivity index (χ0v) is 19.4. The van der Waals surface area contributed by atoms with Crippen LogP contribution in [0, 0.1) is 5.82 Å². The van der Waals surface area contributed by atoms with Crippen LogP contribution in [0.25, 0.3) is 0 Å². The number of hydrogen-bond donors (Lipinski definition) is 2. The third-order valence-electron chi connectivity index (χ3n) is 4.33. The van der Waals surface area contributed by atoms with Crippen molar-refractivity contribution in [2.45, 2.75) is 26.1 Å². The summed E-state index contributed by atoms with van der Waals surface area (Å²) in [6.07, 6.45) is 3.61. The molecule has 1 aromatic heterocycles. The maximum atomic E-state index is 13.3. The standard InChI is InChI=1S/C22H26FN5O.HI/c1-17(29-20-10-6-9-19(23)13-20)14-26-22(24-2)27-15-21-25-11-12-28(21)16-18-7-4-3-5-8-18;/h3-13,17H,14-16H2,1-2H3,(H2,24,26,27);1H. The highest BCUT2D eigenvalue weighted by Gasteiger charge is 2.08. The van der Waals surface area contributed by atoms with E-state index in [1.165, 1.54) is 17.7 Å². The molecule has 0 saturated heterocycles. The summed E-state index contributed by atoms with van der Waals surface area (Å²) in [5, 5.41) is 6.49. The Morgan fingerprint density at radius 2 is 1.97 bits per heavy atom. The molecule has 0 aliphatic rings. The summed E-state index contributed by atoms with van der Waals surface area (Å²) < 4.78 is 21.1. The van der Waals surface area contributed by atoms with Crippen molar-refractivity contribution in [3.8, 4) is 5.75 Å². The van der Waals surface area contributed by atoms with Gasteiger partial charge in [0.25, 0.3) is 0 Å². The molecule has 0 radical (unpaired) electrons. The minimum absolute atomic E-state index is 0. The summed E-state index contributed by atoms with van der Waals surface area (Å²) in [6, 6.07) is 16.4. The Morgan fingerprint density at radius 3 is 2.70 bits per heavy atom. The highest BCUT2D eigenvalue weighted by Crippen LogP contribution is 2.13. The molecule has 160 valence electrons. The van der Waals surface area contributed by atoms with E-state index in [2.05, 4.69) is 37.3 Å². The maximum absolute atomic E-state index is 13.3. The van der Waals surface area contributed by atoms with E-state index < -0.39 is 0 Å². The van der Waals surface area contributed by atoms with Gasteiger partial charge >= 0.3 is 0 Å². The fourth-order valence-corrected chi connectivity index (χ4v) is 2.87. The molecule has 0 saturated carbocycles. The Hall–Kier alpha value is -2.62. The fraction of sp³-hybridized carbons (Fsp3) is 0.273. The number of hydrogen-bond acceptors (Lipinski definition) is 3. The smallest absolute Gasteiger partial charge is 0.191 e. The van der Waals surface area contributed by atoms with Crippen LogP contribution in [-0.2, 0) is 13.1 Å². The number of nitrogens with zero attached hydrogens (tertiary/aromatic N) is 3. The lowest BCUT2D eigenvalue weighted by Gasteiger charge is -2.18. The van der Waals surface area contributed by atoms with E-state index in [1.54, 1.807) is 25.4 Å². The Morgan fingerprint density at radius 1 is 1.17 bits per heavy atom. The van der Waals surface area contributed by atoms with E-state index in [4.69, 9.17) is 4.74 Å². The minimum Gasteiger partial charge on any atom is -0.489 e. The van der Waals surface area contributed by atoms with Gasteiger partial charge in [-0.25, -0.2) is 9.37 Å². The Balaban J connectivity index is 0.00000320. The maximum Gasteiger partial charge on any atom is 0.191 e. The number of nitrogens with one attached hydrogen (secondary N) is 2. The molecule has 1 unspecified atom stereocenters. The molecular weight excluding hydrogens is 496 g/mol. The second-order valence-electron chi connectivity index (χ2n) is 6.65. The predicted molar refractivity (Wildman–Crippen MR) is 128 cm³/mol. The monoisotopic (exact) mass is 523 g/mol. The van der Waals surface area contributed by atoms with Crippen molar-refractivity contribution in [3.63, 3.8) is 0 Å². The van der Waals surface area contributed by atoms with E-state index in [0.29, 0.717) is 24.8 Å². The third-order valence-corrected chi connectivity index (χ3v) is 4.33. The van der Waals surface area contributed by atoms with Gasteiger partial charge in [-0.05, 0) is 24.6 Å². The Bertz CT molecular complexity index is 932. The lowest BCUT2D eigenvalue weighted by atomic mass is 10.2. The number of benzene rings is 2. The van der Waals surface area contributed by atoms with Gasteiger partial charge in [-0.15, -0.1) is 24.0 Å². The number of guanidine groups is 1. The lowest BCUT2D eigenvalue weighted by molar-refractivity contribution is 0.223. The first-order valence-electron chi connectivity index (χ1n) is 9.54. The number of aliphatic imine (C=N–C) groups is 1. The average molecular weight is 523 g/mol. The topological polar surface area (TPSA) is 63.5 Å². The summed E-state index contributed by atoms with van der Waals surface area (Å²) in [5.41, 5.74) is 1.22. The van der Waals surface area contributed by atoms with E-state index in [9.17, 15) is 4.39 Å². The fourth-order valence-electron chi connectivity index (χ4n) is 2.87. The van der Waals surface area contributed by atoms with Gasteiger partial charge in [0.15, 0.2) is 5.96 Å². The number of aromatic nitrogens is 2. The molecular formula is C22H27FIN5O. The molecule has 2 aromatic carbocycles. The summed E-state index contributed by atoms with van der Waals surface area (Å²) in [7, 11) is 1.71. The van der Waals surface area contributed by atoms with Gasteiger partial charge in [0.2, 0.25) is 0 Å². The van der Waals surface area contributed by atoms with Crippen molar-refractivity contribution in [1.29, 1.82) is 0 Å². The summed E-state index contributed by atoms with van der Waals surface area (Å²) in [6.45, 7) is 3.74. The first kappa shape index (κ1) is 23.7. The second kappa shape index (κ2) is 12.2. The molecule has 8 heteroatoms. The first-order valence-corrected chi connectivity index (χ1v) is 9.54. The molecule has 0 bridgehead atoms. The molecule has 3 aromatic rings. The van der Waals surface area contributed by atoms with Crippen molar-refractivity contribution in [1.82, 2.24) is 20.2 Å². The van der Waals surface area contributed by atoms with E-state index in [-0.39, 0.29) is 35.9 Å². The van der Waals surface area contributed by atoms with Gasteiger partial charge in [-0.2, -0.15) is 0 Å². The van der Waals surface area contributed by atoms with Crippen molar-refractivity contribution in [3.05, 3.63) is 84.2 Å². The zero-order valence-electron chi connectivity index (χ0n) is 17.1. The summed E-state index contributed by atoms with van der Waals surface area (Å²) >= 11 is 0. The molecule has 1 atom stereocenters. The van der Waals surface area contributed by atoms with E-state index >= 15 is 0 Å². The van der Waals surface area contributed by atoms with Crippen LogP contribution >= 0.6 is 24.0 Å². The van der Waals surface area contributed by atoms with Crippen LogP contribution in [-0.4, -0.2) is 35.2 Å². The van der Waals surface area contributed by atoms with Crippen molar-refractivity contribution < 1.29 is 9.13 Å². The quantitative estimate of drug-likeness (QED) is 0.268. The minimum atomic E-state index is -0.314. The largest absolute Gasteiger partial charge is 0.489 e. The molecule has 1 heterocycles. The van der Waals surface area contributed by atoms with E-state index in [1.807, 2.05) is 31.3 Å². The van der Waals surface area contributed by atoms with Crippen molar-refractivity contribution >= 4 is 29.9 Å². The Kier molecular flexibility index (Phi) is 9.59. The molecule has 0 aliphatic heterocycles. The van der Waals surface area contributed by atoms with Crippen LogP contribution in [0.4, 0.5) is 4.39 Å². The number of halogens is 2. The highest BCUT2D eigenvalue weighted by atomic mass is 127. The van der Waals surface area contributed by atoms with Gasteiger partial charge in [-0.1, -0.05) is 36.4 Å². The van der Waals surface area contributed by atoms with Crippen LogP contribution in [0.5, 0.6) is 5.75 Å². The second-order valence-corrected chi connectivity index (χ2v) is 6.65. The SMILES string of the molecule is CN=C(NCc1nccn1Cc1ccccc1)NCC(C)Oc1cccc(F)c1.I. The average Bonchev–Trinajstić information content (AvgIpc) is 3.16. The van der Waals surface area contributed by atoms with Crippen molar-refractivity contribution in [2.24, 2.45) is 4.99 Å². The van der Waals surface area contributed by atoms with Gasteiger partial charge in [0.05, 0.1) is 13.1 Å². The molecule has 30 heavy (non-hydrogen) atoms. The van der Waals surface area contributed by atoms with Crippen LogP contribution < -0.4 is 15.4 Å². The van der Waals surface area contributed by atoms with Crippen LogP contribution in [0.2, 0.25) is 0 Å². The molecule has 0 fully saturated rings. The van der Waals surface area contributed by atoms with E-state index in [0.717, 1.165) is 12.4 Å². The predicted octanol–water partition coefficient (Wildman–Crippen LogP) is 3.82. The molecule has 3 rings (SSSR count). The van der Waals surface area contributed by atoms with Gasteiger partial charge < -0.3 is 19.9 Å². The number of rotatable bonds is 8. The normalized spacial score (nSPS) is 12.0. The molecule has 2 N–H and O–H groups in total. The van der Waals surface area contributed by atoms with Crippen LogP contribution in [0.15, 0.2) is 72.0 Å². The highest BCUT2D eigenvalue weighted by molar-refractivity contribution is 14.0. The summed E-state index contributed by atoms with van der Waals surface area (Å²) in [5.74, 6) is 1.76. The Labute approximate surface area is 193 Å². The zero-order chi connectivity index (χ0) is 20.5. The lowest BCUT2D eigenvalue weighted by Crippen LogP contribution is -2.41. The van der Waals surface area contributed by atoms with Crippen molar-refractivity contribution in [2.75, 3.05) is 13.6 Å². The number of ether oxygens (including phenoxy) is 1. The van der Waals surface area contributed by atoms with Gasteiger partial charge in [0, 0.05) is 32.1 Å². The third kappa shape index (κ3) is 7.33. The van der Waals surface area contributed by atoms with Crippen LogP contribution in [0.1, 0.15) is 18.3 Å². The summed E-state index contributed by atoms with van der Waals surface area (Å²) in [4.78, 5) is 8.67. The van der Waals surface area contributed by atoms with Gasteiger partial charge in [0.1, 0.15) is 23.5 Å². The molecule has 0 aliphatic carbocycles.